The van der Waals surface area contributed by atoms with E-state index >= 15 is 0 Å². The van der Waals surface area contributed by atoms with Gasteiger partial charge in [-0.2, -0.15) is 0 Å². The van der Waals surface area contributed by atoms with Crippen molar-refractivity contribution in [3.63, 3.8) is 0 Å². The molecule has 0 bridgehead atoms. The third-order valence-electron chi connectivity index (χ3n) is 3.19. The fraction of sp³-hybridized carbons (Fsp3) is 0.294. The van der Waals surface area contributed by atoms with Crippen LogP contribution in [0.25, 0.3) is 0 Å². The van der Waals surface area contributed by atoms with Crippen LogP contribution in [0.5, 0.6) is 11.5 Å². The average Bonchev–Trinajstić information content (AvgIpc) is 2.37. The lowest BCUT2D eigenvalue weighted by Crippen LogP contribution is -1.98. The highest BCUT2D eigenvalue weighted by Gasteiger charge is 2.10. The number of hydrogen-bond acceptors (Lipinski definition) is 2. The molecule has 3 heteroatoms. The fourth-order valence-electron chi connectivity index (χ4n) is 2.13. The predicted molar refractivity (Wildman–Crippen MR) is 87.4 cm³/mol. The molecule has 20 heavy (non-hydrogen) atoms. The van der Waals surface area contributed by atoms with Gasteiger partial charge >= 0.3 is 0 Å². The first kappa shape index (κ1) is 15.1. The lowest BCUT2D eigenvalue weighted by molar-refractivity contribution is 0.471. The van der Waals surface area contributed by atoms with Crippen molar-refractivity contribution >= 4 is 15.9 Å². The normalized spacial score (nSPS) is 10.9. The summed E-state index contributed by atoms with van der Waals surface area (Å²) in [5, 5.41) is 0. The molecule has 2 N–H and O–H groups in total. The first-order valence-corrected chi connectivity index (χ1v) is 7.57. The zero-order valence-corrected chi connectivity index (χ0v) is 13.7. The molecule has 0 radical (unpaired) electrons. The highest BCUT2D eigenvalue weighted by Crippen LogP contribution is 2.33. The van der Waals surface area contributed by atoms with Crippen molar-refractivity contribution in [2.75, 3.05) is 0 Å². The van der Waals surface area contributed by atoms with Crippen molar-refractivity contribution in [1.82, 2.24) is 0 Å². The van der Waals surface area contributed by atoms with Crippen LogP contribution in [0, 0.1) is 6.92 Å². The summed E-state index contributed by atoms with van der Waals surface area (Å²) in [6.45, 7) is 6.91. The number of rotatable bonds is 4. The largest absolute Gasteiger partial charge is 0.457 e. The van der Waals surface area contributed by atoms with Crippen LogP contribution in [0.4, 0.5) is 0 Å². The SMILES string of the molecule is Cc1ccc(C(C)C)c(Oc2cc(Br)cc(CN)c2)c1. The molecule has 0 fully saturated rings. The van der Waals surface area contributed by atoms with Crippen molar-refractivity contribution in [3.8, 4) is 11.5 Å². The van der Waals surface area contributed by atoms with Crippen molar-refractivity contribution in [1.29, 1.82) is 0 Å². The molecule has 2 rings (SSSR count). The van der Waals surface area contributed by atoms with E-state index in [0.717, 1.165) is 21.5 Å². The number of hydrogen-bond donors (Lipinski definition) is 1. The van der Waals surface area contributed by atoms with Crippen LogP contribution >= 0.6 is 15.9 Å². The number of halogens is 1. The smallest absolute Gasteiger partial charge is 0.131 e. The first-order valence-electron chi connectivity index (χ1n) is 6.77. The lowest BCUT2D eigenvalue weighted by atomic mass is 10.0. The van der Waals surface area contributed by atoms with Crippen molar-refractivity contribution < 1.29 is 4.74 Å². The molecule has 0 saturated carbocycles. The molecular formula is C17H20BrNO. The van der Waals surface area contributed by atoms with E-state index < -0.39 is 0 Å². The quantitative estimate of drug-likeness (QED) is 0.841. The zero-order valence-electron chi connectivity index (χ0n) is 12.1. The minimum atomic E-state index is 0.423. The monoisotopic (exact) mass is 333 g/mol. The Labute approximate surface area is 129 Å². The van der Waals surface area contributed by atoms with Crippen LogP contribution in [-0.4, -0.2) is 0 Å². The van der Waals surface area contributed by atoms with Gasteiger partial charge in [-0.25, -0.2) is 0 Å². The number of aryl methyl sites for hydroxylation is 1. The third kappa shape index (κ3) is 3.62. The van der Waals surface area contributed by atoms with E-state index in [0.29, 0.717) is 12.5 Å². The van der Waals surface area contributed by atoms with E-state index in [1.165, 1.54) is 11.1 Å². The Bertz CT molecular complexity index is 608. The molecule has 0 spiro atoms. The van der Waals surface area contributed by atoms with E-state index in [4.69, 9.17) is 10.5 Å². The van der Waals surface area contributed by atoms with Gasteiger partial charge in [-0.15, -0.1) is 0 Å². The third-order valence-corrected chi connectivity index (χ3v) is 3.64. The summed E-state index contributed by atoms with van der Waals surface area (Å²) in [4.78, 5) is 0. The van der Waals surface area contributed by atoms with Crippen LogP contribution < -0.4 is 10.5 Å². The van der Waals surface area contributed by atoms with E-state index in [1.54, 1.807) is 0 Å². The first-order chi connectivity index (χ1) is 9.49. The van der Waals surface area contributed by atoms with Crippen molar-refractivity contribution in [2.24, 2.45) is 5.73 Å². The molecule has 0 aliphatic rings. The summed E-state index contributed by atoms with van der Waals surface area (Å²) >= 11 is 3.49. The summed E-state index contributed by atoms with van der Waals surface area (Å²) in [5.74, 6) is 2.15. The highest BCUT2D eigenvalue weighted by molar-refractivity contribution is 9.10. The topological polar surface area (TPSA) is 35.2 Å². The summed E-state index contributed by atoms with van der Waals surface area (Å²) in [6.07, 6.45) is 0. The van der Waals surface area contributed by atoms with Gasteiger partial charge < -0.3 is 10.5 Å². The summed E-state index contributed by atoms with van der Waals surface area (Å²) in [6, 6.07) is 12.3. The molecule has 0 aromatic heterocycles. The Balaban J connectivity index is 2.38. The van der Waals surface area contributed by atoms with Gasteiger partial charge in [0.25, 0.3) is 0 Å². The van der Waals surface area contributed by atoms with Gasteiger partial charge in [0.2, 0.25) is 0 Å². The van der Waals surface area contributed by atoms with Gasteiger partial charge in [0.15, 0.2) is 0 Å². The minimum Gasteiger partial charge on any atom is -0.457 e. The average molecular weight is 334 g/mol. The van der Waals surface area contributed by atoms with E-state index in [-0.39, 0.29) is 0 Å². The van der Waals surface area contributed by atoms with E-state index in [9.17, 15) is 0 Å². The molecule has 2 nitrogen and oxygen atoms in total. The Morgan fingerprint density at radius 2 is 1.90 bits per heavy atom. The van der Waals surface area contributed by atoms with Gasteiger partial charge in [-0.3, -0.25) is 0 Å². The summed E-state index contributed by atoms with van der Waals surface area (Å²) < 4.78 is 7.07. The molecular weight excluding hydrogens is 314 g/mol. The Kier molecular flexibility index (Phi) is 4.84. The van der Waals surface area contributed by atoms with Gasteiger partial charge in [0, 0.05) is 11.0 Å². The second-order valence-electron chi connectivity index (χ2n) is 5.30. The molecule has 2 aromatic carbocycles. The Morgan fingerprint density at radius 3 is 2.55 bits per heavy atom. The van der Waals surface area contributed by atoms with Gasteiger partial charge in [-0.05, 0) is 53.8 Å². The molecule has 0 amide bonds. The number of nitrogens with two attached hydrogens (primary N) is 1. The fourth-order valence-corrected chi connectivity index (χ4v) is 2.65. The Hall–Kier alpha value is -1.32. The maximum Gasteiger partial charge on any atom is 0.131 e. The molecule has 0 saturated heterocycles. The standard InChI is InChI=1S/C17H20BrNO/c1-11(2)16-5-4-12(3)6-17(16)20-15-8-13(10-19)7-14(18)9-15/h4-9,11H,10,19H2,1-3H3. The summed E-state index contributed by atoms with van der Waals surface area (Å²) in [7, 11) is 0. The van der Waals surface area contributed by atoms with Gasteiger partial charge in [0.05, 0.1) is 0 Å². The van der Waals surface area contributed by atoms with Crippen LogP contribution in [0.2, 0.25) is 0 Å². The predicted octanol–water partition coefficient (Wildman–Crippen LogP) is 5.13. The van der Waals surface area contributed by atoms with Crippen LogP contribution in [0.3, 0.4) is 0 Å². The van der Waals surface area contributed by atoms with Gasteiger partial charge in [0.1, 0.15) is 11.5 Å². The van der Waals surface area contributed by atoms with Crippen molar-refractivity contribution in [2.45, 2.75) is 33.2 Å². The summed E-state index contributed by atoms with van der Waals surface area (Å²) in [5.41, 5.74) is 9.16. The molecule has 106 valence electrons. The number of benzene rings is 2. The molecule has 0 atom stereocenters. The maximum atomic E-state index is 6.09. The second kappa shape index (κ2) is 6.42. The lowest BCUT2D eigenvalue weighted by Gasteiger charge is -2.15. The maximum absolute atomic E-state index is 6.09. The van der Waals surface area contributed by atoms with Crippen LogP contribution in [-0.2, 0) is 6.54 Å². The Morgan fingerprint density at radius 1 is 1.15 bits per heavy atom. The van der Waals surface area contributed by atoms with Crippen LogP contribution in [0.1, 0.15) is 36.5 Å². The molecule has 0 aliphatic heterocycles. The minimum absolute atomic E-state index is 0.423. The number of ether oxygens (including phenoxy) is 1. The van der Waals surface area contributed by atoms with E-state index in [1.807, 2.05) is 18.2 Å². The highest BCUT2D eigenvalue weighted by atomic mass is 79.9. The van der Waals surface area contributed by atoms with Crippen molar-refractivity contribution in [3.05, 3.63) is 57.6 Å². The van der Waals surface area contributed by atoms with Gasteiger partial charge in [-0.1, -0.05) is 41.9 Å². The molecule has 0 heterocycles. The molecule has 0 aliphatic carbocycles. The second-order valence-corrected chi connectivity index (χ2v) is 6.21. The molecule has 0 unspecified atom stereocenters. The zero-order chi connectivity index (χ0) is 14.7. The van der Waals surface area contributed by atoms with Crippen LogP contribution in [0.15, 0.2) is 40.9 Å². The van der Waals surface area contributed by atoms with E-state index in [2.05, 4.69) is 54.9 Å². The molecule has 2 aromatic rings.